The van der Waals surface area contributed by atoms with Crippen LogP contribution < -0.4 is 0 Å². The molecule has 8 nitrogen and oxygen atoms in total. The molecule has 1 aromatic rings. The van der Waals surface area contributed by atoms with Gasteiger partial charge in [0.1, 0.15) is 0 Å². The van der Waals surface area contributed by atoms with E-state index in [0.717, 1.165) is 0 Å². The van der Waals surface area contributed by atoms with Gasteiger partial charge >= 0.3 is 11.9 Å². The third-order valence-corrected chi connectivity index (χ3v) is 2.47. The highest BCUT2D eigenvalue weighted by Crippen LogP contribution is 2.15. The normalized spacial score (nSPS) is 12.1. The topological polar surface area (TPSA) is 112 Å². The molecule has 0 bridgehead atoms. The van der Waals surface area contributed by atoms with Crippen molar-refractivity contribution in [2.75, 3.05) is 0 Å². The molecule has 0 aliphatic heterocycles. The number of rotatable bonds is 4. The Kier molecular flexibility index (Phi) is 13.0. The van der Waals surface area contributed by atoms with Crippen molar-refractivity contribution in [3.8, 4) is 0 Å². The van der Waals surface area contributed by atoms with Crippen LogP contribution in [0.15, 0.2) is 24.3 Å². The van der Waals surface area contributed by atoms with E-state index in [1.807, 2.05) is 83.1 Å². The van der Waals surface area contributed by atoms with Crippen LogP contribution in [0.3, 0.4) is 0 Å². The molecule has 0 unspecified atom stereocenters. The minimum Gasteiger partial charge on any atom is -0.478 e. The third-order valence-electron chi connectivity index (χ3n) is 2.47. The smallest absolute Gasteiger partial charge is 0.336 e. The molecule has 0 fully saturated rings. The number of carboxylic acids is 2. The van der Waals surface area contributed by atoms with Crippen molar-refractivity contribution in [1.29, 1.82) is 0 Å². The van der Waals surface area contributed by atoms with Crippen LogP contribution >= 0.6 is 0 Å². The maximum absolute atomic E-state index is 10.5. The first-order valence-electron chi connectivity index (χ1n) is 10.3. The van der Waals surface area contributed by atoms with Gasteiger partial charge in [0.15, 0.2) is 0 Å². The fraction of sp³-hybridized carbons (Fsp3) is 0.667. The number of hydrogen-bond acceptors (Lipinski definition) is 6. The summed E-state index contributed by atoms with van der Waals surface area (Å²) in [6.07, 6.45) is 0. The molecule has 0 saturated carbocycles. The second-order valence-corrected chi connectivity index (χ2v) is 10.9. The lowest BCUT2D eigenvalue weighted by atomic mass is 10.1. The molecule has 0 aliphatic rings. The quantitative estimate of drug-likeness (QED) is 0.408. The van der Waals surface area contributed by atoms with E-state index in [1.54, 1.807) is 0 Å². The van der Waals surface area contributed by atoms with Gasteiger partial charge in [0.05, 0.1) is 33.5 Å². The fourth-order valence-corrected chi connectivity index (χ4v) is 1.36. The van der Waals surface area contributed by atoms with Gasteiger partial charge in [-0.3, -0.25) is 0 Å². The van der Waals surface area contributed by atoms with Crippen molar-refractivity contribution in [3.63, 3.8) is 0 Å². The molecule has 0 saturated heterocycles. The Labute approximate surface area is 192 Å². The summed E-state index contributed by atoms with van der Waals surface area (Å²) in [5, 5.41) is 17.1. The van der Waals surface area contributed by atoms with Gasteiger partial charge in [-0.25, -0.2) is 29.1 Å². The first-order chi connectivity index (χ1) is 14.0. The Morgan fingerprint density at radius 2 is 0.719 bits per heavy atom. The molecule has 32 heavy (non-hydrogen) atoms. The van der Waals surface area contributed by atoms with E-state index in [-0.39, 0.29) is 33.5 Å². The number of carbonyl (C=O) groups is 2. The molecule has 1 rings (SSSR count). The Morgan fingerprint density at radius 1 is 0.531 bits per heavy atom. The molecular formula is C24H42O8. The van der Waals surface area contributed by atoms with Crippen molar-refractivity contribution in [3.05, 3.63) is 35.4 Å². The molecule has 0 spiro atoms. The molecule has 0 radical (unpaired) electrons. The first-order valence-corrected chi connectivity index (χ1v) is 10.3. The van der Waals surface area contributed by atoms with Gasteiger partial charge in [0.2, 0.25) is 0 Å². The van der Waals surface area contributed by atoms with Crippen LogP contribution in [0.25, 0.3) is 0 Å². The minimum absolute atomic E-state index is 0.190. The zero-order valence-corrected chi connectivity index (χ0v) is 21.7. The van der Waals surface area contributed by atoms with E-state index in [2.05, 4.69) is 0 Å². The Hall–Kier alpha value is -2.00. The van der Waals surface area contributed by atoms with Crippen LogP contribution in [0.5, 0.6) is 0 Å². The van der Waals surface area contributed by atoms with Crippen LogP contribution in [0, 0.1) is 0 Å². The largest absolute Gasteiger partial charge is 0.478 e. The van der Waals surface area contributed by atoms with Crippen molar-refractivity contribution in [2.45, 2.75) is 105 Å². The van der Waals surface area contributed by atoms with Crippen LogP contribution in [-0.4, -0.2) is 44.6 Å². The fourth-order valence-electron chi connectivity index (χ4n) is 1.36. The number of aromatic carboxylic acids is 2. The van der Waals surface area contributed by atoms with E-state index < -0.39 is 11.9 Å². The molecule has 0 aromatic heterocycles. The van der Waals surface area contributed by atoms with E-state index in [4.69, 9.17) is 29.8 Å². The monoisotopic (exact) mass is 458 g/mol. The Balaban J connectivity index is 0. The highest BCUT2D eigenvalue weighted by molar-refractivity contribution is 6.01. The maximum Gasteiger partial charge on any atom is 0.336 e. The first kappa shape index (κ1) is 32.2. The van der Waals surface area contributed by atoms with Crippen LogP contribution in [-0.2, 0) is 19.6 Å². The lowest BCUT2D eigenvalue weighted by Crippen LogP contribution is -2.27. The zero-order chi connectivity index (χ0) is 26.0. The summed E-state index contributed by atoms with van der Waals surface area (Å²) in [5.74, 6) is -2.46. The lowest BCUT2D eigenvalue weighted by molar-refractivity contribution is -0.393. The zero-order valence-electron chi connectivity index (χ0n) is 21.7. The number of carboxylic acid groups (broad SMARTS) is 2. The maximum atomic E-state index is 10.5. The summed E-state index contributed by atoms with van der Waals surface area (Å²) in [6.45, 7) is 23.5. The minimum atomic E-state index is -1.23. The van der Waals surface area contributed by atoms with Gasteiger partial charge in [-0.15, -0.1) is 0 Å². The average molecular weight is 459 g/mol. The summed E-state index contributed by atoms with van der Waals surface area (Å²) in [6, 6.07) is 5.48. The average Bonchev–Trinajstić information content (AvgIpc) is 2.57. The Bertz CT molecular complexity index is 609. The van der Waals surface area contributed by atoms with Crippen molar-refractivity contribution in [2.24, 2.45) is 0 Å². The molecule has 0 heterocycles. The predicted octanol–water partition coefficient (Wildman–Crippen LogP) is 6.15. The van der Waals surface area contributed by atoms with Crippen LogP contribution in [0.1, 0.15) is 104 Å². The van der Waals surface area contributed by atoms with E-state index >= 15 is 0 Å². The lowest BCUT2D eigenvalue weighted by Gasteiger charge is -2.24. The number of benzene rings is 1. The molecule has 186 valence electrons. The second kappa shape index (κ2) is 12.9. The van der Waals surface area contributed by atoms with Gasteiger partial charge < -0.3 is 10.2 Å². The summed E-state index contributed by atoms with van der Waals surface area (Å²) in [7, 11) is 0. The SMILES string of the molecule is CC(C)(C)OOC(C)(C)C.CC(C)(C)OOC(C)(C)C.O=C(O)c1ccccc1C(=O)O. The van der Waals surface area contributed by atoms with Gasteiger partial charge in [0, 0.05) is 0 Å². The summed E-state index contributed by atoms with van der Waals surface area (Å²) in [4.78, 5) is 41.3. The summed E-state index contributed by atoms with van der Waals surface area (Å²) >= 11 is 0. The molecule has 0 aliphatic carbocycles. The Morgan fingerprint density at radius 3 is 0.844 bits per heavy atom. The predicted molar refractivity (Wildman–Crippen MR) is 124 cm³/mol. The molecule has 0 amide bonds. The highest BCUT2D eigenvalue weighted by Gasteiger charge is 2.19. The molecule has 2 N–H and O–H groups in total. The van der Waals surface area contributed by atoms with Gasteiger partial charge in [-0.05, 0) is 95.2 Å². The van der Waals surface area contributed by atoms with Gasteiger partial charge in [-0.2, -0.15) is 0 Å². The van der Waals surface area contributed by atoms with Gasteiger partial charge in [0.25, 0.3) is 0 Å². The standard InChI is InChI=1S/C8H6O4.2C8H18O2/c9-7(10)5-3-1-2-4-6(5)8(11)12;2*1-7(2,3)9-10-8(4,5)6/h1-4H,(H,9,10)(H,11,12);2*1-6H3. The van der Waals surface area contributed by atoms with Crippen LogP contribution in [0.4, 0.5) is 0 Å². The molecular weight excluding hydrogens is 416 g/mol. The van der Waals surface area contributed by atoms with E-state index in [0.29, 0.717) is 0 Å². The van der Waals surface area contributed by atoms with E-state index in [1.165, 1.54) is 24.3 Å². The van der Waals surface area contributed by atoms with Crippen molar-refractivity contribution < 1.29 is 39.4 Å². The highest BCUT2D eigenvalue weighted by atomic mass is 17.2. The van der Waals surface area contributed by atoms with Crippen molar-refractivity contribution >= 4 is 11.9 Å². The van der Waals surface area contributed by atoms with Crippen molar-refractivity contribution in [1.82, 2.24) is 0 Å². The van der Waals surface area contributed by atoms with E-state index in [9.17, 15) is 9.59 Å². The van der Waals surface area contributed by atoms with Gasteiger partial charge in [-0.1, -0.05) is 12.1 Å². The third kappa shape index (κ3) is 21.2. The number of hydrogen-bond donors (Lipinski definition) is 2. The summed E-state index contributed by atoms with van der Waals surface area (Å²) < 4.78 is 0. The molecule has 8 heteroatoms. The second-order valence-electron chi connectivity index (χ2n) is 10.9. The molecule has 1 aromatic carbocycles. The molecule has 0 atom stereocenters. The summed E-state index contributed by atoms with van der Waals surface area (Å²) in [5.41, 5.74) is -1.24. The van der Waals surface area contributed by atoms with Crippen LogP contribution in [0.2, 0.25) is 0 Å².